The van der Waals surface area contributed by atoms with Crippen LogP contribution in [0.25, 0.3) is 0 Å². The van der Waals surface area contributed by atoms with Gasteiger partial charge < -0.3 is 10.4 Å². The lowest BCUT2D eigenvalue weighted by Crippen LogP contribution is -2.54. The summed E-state index contributed by atoms with van der Waals surface area (Å²) >= 11 is 0. The van der Waals surface area contributed by atoms with Crippen molar-refractivity contribution in [1.29, 1.82) is 0 Å². The van der Waals surface area contributed by atoms with Crippen LogP contribution in [-0.2, 0) is 4.79 Å². The van der Waals surface area contributed by atoms with E-state index >= 15 is 0 Å². The molecule has 0 aromatic rings. The second-order valence-corrected chi connectivity index (χ2v) is 3.88. The van der Waals surface area contributed by atoms with E-state index in [2.05, 4.69) is 19.2 Å². The first-order valence-electron chi connectivity index (χ1n) is 4.78. The molecule has 0 amide bonds. The number of nitrogens with zero attached hydrogens (tertiary/aromatic N) is 1. The maximum atomic E-state index is 10.6. The predicted octanol–water partition coefficient (Wildman–Crippen LogP) is 0.000800. The molecule has 1 rings (SSSR count). The first kappa shape index (κ1) is 10.5. The second-order valence-electron chi connectivity index (χ2n) is 3.88. The van der Waals surface area contributed by atoms with Crippen molar-refractivity contribution in [1.82, 2.24) is 10.2 Å². The third-order valence-electron chi connectivity index (χ3n) is 2.51. The number of carboxylic acids is 1. The number of carbonyl (C=O) groups is 1. The van der Waals surface area contributed by atoms with Crippen LogP contribution in [0, 0.1) is 5.92 Å². The molecular formula is C9H18N2O2. The summed E-state index contributed by atoms with van der Waals surface area (Å²) in [5.41, 5.74) is 0. The van der Waals surface area contributed by atoms with Gasteiger partial charge in [0.25, 0.3) is 0 Å². The van der Waals surface area contributed by atoms with Crippen molar-refractivity contribution in [2.75, 3.05) is 26.2 Å². The molecule has 1 heterocycles. The monoisotopic (exact) mass is 186 g/mol. The van der Waals surface area contributed by atoms with Crippen LogP contribution in [0.1, 0.15) is 13.8 Å². The molecule has 0 spiro atoms. The van der Waals surface area contributed by atoms with Crippen molar-refractivity contribution in [2.45, 2.75) is 19.9 Å². The summed E-state index contributed by atoms with van der Waals surface area (Å²) in [4.78, 5) is 12.6. The number of rotatable bonds is 3. The number of carboxylic acid groups (broad SMARTS) is 1. The van der Waals surface area contributed by atoms with Gasteiger partial charge in [-0.3, -0.25) is 9.69 Å². The van der Waals surface area contributed by atoms with E-state index in [0.29, 0.717) is 12.0 Å². The Balaban J connectivity index is 2.51. The van der Waals surface area contributed by atoms with Crippen molar-refractivity contribution in [3.63, 3.8) is 0 Å². The fourth-order valence-electron chi connectivity index (χ4n) is 1.79. The van der Waals surface area contributed by atoms with Crippen molar-refractivity contribution < 1.29 is 9.90 Å². The van der Waals surface area contributed by atoms with E-state index in [-0.39, 0.29) is 6.54 Å². The van der Waals surface area contributed by atoms with Gasteiger partial charge in [0.15, 0.2) is 0 Å². The van der Waals surface area contributed by atoms with Crippen LogP contribution in [0.15, 0.2) is 0 Å². The molecule has 1 fully saturated rings. The minimum atomic E-state index is -0.729. The van der Waals surface area contributed by atoms with E-state index in [4.69, 9.17) is 5.11 Å². The number of nitrogens with one attached hydrogen (secondary N) is 1. The van der Waals surface area contributed by atoms with Gasteiger partial charge in [0.1, 0.15) is 0 Å². The van der Waals surface area contributed by atoms with E-state index < -0.39 is 5.97 Å². The third-order valence-corrected chi connectivity index (χ3v) is 2.51. The molecule has 0 bridgehead atoms. The van der Waals surface area contributed by atoms with Gasteiger partial charge in [-0.05, 0) is 5.92 Å². The summed E-state index contributed by atoms with van der Waals surface area (Å²) in [5, 5.41) is 12.0. The van der Waals surface area contributed by atoms with E-state index in [9.17, 15) is 4.79 Å². The summed E-state index contributed by atoms with van der Waals surface area (Å²) in [6, 6.07) is 0.366. The first-order chi connectivity index (χ1) is 6.11. The van der Waals surface area contributed by atoms with Gasteiger partial charge in [0, 0.05) is 25.7 Å². The van der Waals surface area contributed by atoms with Gasteiger partial charge in [0.2, 0.25) is 0 Å². The standard InChI is InChI=1S/C9H18N2O2/c1-7(2)8-5-10-3-4-11(8)6-9(12)13/h7-8,10H,3-6H2,1-2H3,(H,12,13)/t8-/m1/s1. The third kappa shape index (κ3) is 2.97. The molecule has 0 unspecified atom stereocenters. The Morgan fingerprint density at radius 2 is 2.38 bits per heavy atom. The number of hydrogen-bond donors (Lipinski definition) is 2. The van der Waals surface area contributed by atoms with Crippen LogP contribution in [-0.4, -0.2) is 48.2 Å². The van der Waals surface area contributed by atoms with Crippen molar-refractivity contribution in [3.05, 3.63) is 0 Å². The van der Waals surface area contributed by atoms with Crippen LogP contribution in [0.4, 0.5) is 0 Å². The van der Waals surface area contributed by atoms with E-state index in [0.717, 1.165) is 19.6 Å². The quantitative estimate of drug-likeness (QED) is 0.651. The molecule has 0 saturated carbocycles. The summed E-state index contributed by atoms with van der Waals surface area (Å²) in [7, 11) is 0. The van der Waals surface area contributed by atoms with Crippen LogP contribution in [0.2, 0.25) is 0 Å². The Hall–Kier alpha value is -0.610. The smallest absolute Gasteiger partial charge is 0.317 e. The molecule has 0 aliphatic carbocycles. The lowest BCUT2D eigenvalue weighted by atomic mass is 10.0. The molecule has 1 aliphatic heterocycles. The van der Waals surface area contributed by atoms with Crippen LogP contribution in [0.5, 0.6) is 0 Å². The molecule has 4 nitrogen and oxygen atoms in total. The van der Waals surface area contributed by atoms with Gasteiger partial charge in [0.05, 0.1) is 6.54 Å². The molecule has 76 valence electrons. The molecule has 0 radical (unpaired) electrons. The number of hydrogen-bond acceptors (Lipinski definition) is 3. The van der Waals surface area contributed by atoms with Gasteiger partial charge in [-0.1, -0.05) is 13.8 Å². The molecular weight excluding hydrogens is 168 g/mol. The van der Waals surface area contributed by atoms with Crippen LogP contribution >= 0.6 is 0 Å². The van der Waals surface area contributed by atoms with Gasteiger partial charge in [-0.2, -0.15) is 0 Å². The number of piperazine rings is 1. The first-order valence-corrected chi connectivity index (χ1v) is 4.78. The van der Waals surface area contributed by atoms with Crippen LogP contribution in [0.3, 0.4) is 0 Å². The van der Waals surface area contributed by atoms with E-state index in [1.807, 2.05) is 4.90 Å². The fraction of sp³-hybridized carbons (Fsp3) is 0.889. The second kappa shape index (κ2) is 4.58. The predicted molar refractivity (Wildman–Crippen MR) is 50.7 cm³/mol. The maximum absolute atomic E-state index is 10.6. The average molecular weight is 186 g/mol. The van der Waals surface area contributed by atoms with Crippen molar-refractivity contribution in [2.24, 2.45) is 5.92 Å². The molecule has 0 aromatic heterocycles. The lowest BCUT2D eigenvalue weighted by molar-refractivity contribution is -0.139. The Kier molecular flexibility index (Phi) is 3.69. The minimum absolute atomic E-state index is 0.171. The summed E-state index contributed by atoms with van der Waals surface area (Å²) in [6.45, 7) is 7.08. The van der Waals surface area contributed by atoms with Crippen molar-refractivity contribution >= 4 is 5.97 Å². The van der Waals surface area contributed by atoms with Crippen molar-refractivity contribution in [3.8, 4) is 0 Å². The molecule has 0 aromatic carbocycles. The van der Waals surface area contributed by atoms with Gasteiger partial charge >= 0.3 is 5.97 Å². The highest BCUT2D eigenvalue weighted by Crippen LogP contribution is 2.11. The van der Waals surface area contributed by atoms with Crippen LogP contribution < -0.4 is 5.32 Å². The molecule has 1 aliphatic rings. The largest absolute Gasteiger partial charge is 0.480 e. The summed E-state index contributed by atoms with van der Waals surface area (Å²) in [5.74, 6) is -0.222. The zero-order valence-corrected chi connectivity index (χ0v) is 8.29. The Morgan fingerprint density at radius 1 is 1.69 bits per heavy atom. The topological polar surface area (TPSA) is 52.6 Å². The average Bonchev–Trinajstić information content (AvgIpc) is 2.03. The minimum Gasteiger partial charge on any atom is -0.480 e. The summed E-state index contributed by atoms with van der Waals surface area (Å²) in [6.07, 6.45) is 0. The van der Waals surface area contributed by atoms with Gasteiger partial charge in [-0.25, -0.2) is 0 Å². The molecule has 1 atom stereocenters. The molecule has 4 heteroatoms. The highest BCUT2D eigenvalue weighted by atomic mass is 16.4. The van der Waals surface area contributed by atoms with Gasteiger partial charge in [-0.15, -0.1) is 0 Å². The molecule has 1 saturated heterocycles. The maximum Gasteiger partial charge on any atom is 0.317 e. The molecule has 13 heavy (non-hydrogen) atoms. The lowest BCUT2D eigenvalue weighted by Gasteiger charge is -2.37. The normalized spacial score (nSPS) is 25.0. The van der Waals surface area contributed by atoms with E-state index in [1.165, 1.54) is 0 Å². The zero-order chi connectivity index (χ0) is 9.84. The Morgan fingerprint density at radius 3 is 2.92 bits per heavy atom. The highest BCUT2D eigenvalue weighted by Gasteiger charge is 2.25. The zero-order valence-electron chi connectivity index (χ0n) is 8.29. The van der Waals surface area contributed by atoms with E-state index in [1.54, 1.807) is 0 Å². The number of aliphatic carboxylic acids is 1. The Bertz CT molecular complexity index is 182. The SMILES string of the molecule is CC(C)[C@H]1CNCCN1CC(=O)O. The Labute approximate surface area is 78.9 Å². The highest BCUT2D eigenvalue weighted by molar-refractivity contribution is 5.69. The summed E-state index contributed by atoms with van der Waals surface area (Å²) < 4.78 is 0. The molecule has 2 N–H and O–H groups in total. The fourth-order valence-corrected chi connectivity index (χ4v) is 1.79.